The van der Waals surface area contributed by atoms with Crippen LogP contribution in [0.15, 0.2) is 30.5 Å². The van der Waals surface area contributed by atoms with Gasteiger partial charge >= 0.3 is 5.97 Å². The quantitative estimate of drug-likeness (QED) is 0.673. The molecule has 0 radical (unpaired) electrons. The molecule has 94 valence electrons. The van der Waals surface area contributed by atoms with E-state index in [0.29, 0.717) is 0 Å². The van der Waals surface area contributed by atoms with Crippen molar-refractivity contribution in [2.24, 2.45) is 5.73 Å². The number of cyclic esters (lactones) is 1. The standard InChI is InChI=1S/C13H14N2O3/c14-12-11(10(6-16)18-13(12)17)8-5-15-9-4-2-1-3-7(8)9/h1-5,10-12,15-16H,6,14H2/t10-,11+,12-/m1/s1. The van der Waals surface area contributed by atoms with Crippen LogP contribution in [0.5, 0.6) is 0 Å². The second kappa shape index (κ2) is 4.12. The Bertz CT molecular complexity index is 593. The predicted molar refractivity (Wildman–Crippen MR) is 66.0 cm³/mol. The molecule has 0 bridgehead atoms. The lowest BCUT2D eigenvalue weighted by Crippen LogP contribution is -2.33. The number of hydrogen-bond donors (Lipinski definition) is 3. The first kappa shape index (κ1) is 11.3. The minimum absolute atomic E-state index is 0.219. The Labute approximate surface area is 104 Å². The number of aliphatic hydroxyl groups excluding tert-OH is 1. The fraction of sp³-hybridized carbons (Fsp3) is 0.308. The Morgan fingerprint density at radius 1 is 1.39 bits per heavy atom. The summed E-state index contributed by atoms with van der Waals surface area (Å²) >= 11 is 0. The normalized spacial score (nSPS) is 27.7. The molecule has 1 aromatic heterocycles. The number of H-pyrrole nitrogens is 1. The summed E-state index contributed by atoms with van der Waals surface area (Å²) in [6.07, 6.45) is 1.27. The minimum Gasteiger partial charge on any atom is -0.458 e. The number of para-hydroxylation sites is 1. The van der Waals surface area contributed by atoms with E-state index in [9.17, 15) is 9.90 Å². The van der Waals surface area contributed by atoms with Gasteiger partial charge in [0.1, 0.15) is 12.1 Å². The number of fused-ring (bicyclic) bond motifs is 1. The van der Waals surface area contributed by atoms with Gasteiger partial charge in [-0.1, -0.05) is 18.2 Å². The number of esters is 1. The summed E-state index contributed by atoms with van der Waals surface area (Å²) in [5.41, 5.74) is 7.77. The zero-order valence-electron chi connectivity index (χ0n) is 9.67. The molecule has 4 N–H and O–H groups in total. The lowest BCUT2D eigenvalue weighted by Gasteiger charge is -2.16. The summed E-state index contributed by atoms with van der Waals surface area (Å²) in [7, 11) is 0. The van der Waals surface area contributed by atoms with E-state index < -0.39 is 18.1 Å². The van der Waals surface area contributed by atoms with E-state index in [1.54, 1.807) is 0 Å². The van der Waals surface area contributed by atoms with E-state index in [2.05, 4.69) is 4.98 Å². The fourth-order valence-electron chi connectivity index (χ4n) is 2.59. The van der Waals surface area contributed by atoms with Crippen LogP contribution < -0.4 is 5.73 Å². The van der Waals surface area contributed by atoms with Gasteiger partial charge in [-0.2, -0.15) is 0 Å². The number of rotatable bonds is 2. The summed E-state index contributed by atoms with van der Waals surface area (Å²) in [5.74, 6) is -0.761. The number of carbonyl (C=O) groups excluding carboxylic acids is 1. The van der Waals surface area contributed by atoms with Gasteiger partial charge in [0.15, 0.2) is 0 Å². The topological polar surface area (TPSA) is 88.3 Å². The van der Waals surface area contributed by atoms with Crippen molar-refractivity contribution in [3.05, 3.63) is 36.0 Å². The third-order valence-electron chi connectivity index (χ3n) is 3.49. The molecule has 3 rings (SSSR count). The van der Waals surface area contributed by atoms with E-state index >= 15 is 0 Å². The Kier molecular flexibility index (Phi) is 2.57. The SMILES string of the molecule is N[C@H]1C(=O)O[C@H](CO)[C@@H]1c1c[nH]c2ccccc12. The maximum Gasteiger partial charge on any atom is 0.324 e. The number of hydrogen-bond acceptors (Lipinski definition) is 4. The zero-order chi connectivity index (χ0) is 12.7. The summed E-state index contributed by atoms with van der Waals surface area (Å²) in [5, 5.41) is 10.3. The predicted octanol–water partition coefficient (Wildman–Crippen LogP) is 0.496. The molecular weight excluding hydrogens is 232 g/mol. The van der Waals surface area contributed by atoms with Crippen molar-refractivity contribution >= 4 is 16.9 Å². The fourth-order valence-corrected chi connectivity index (χ4v) is 2.59. The first-order valence-corrected chi connectivity index (χ1v) is 5.85. The second-order valence-corrected chi connectivity index (χ2v) is 4.50. The Morgan fingerprint density at radius 3 is 2.94 bits per heavy atom. The van der Waals surface area contributed by atoms with Gasteiger partial charge in [0.25, 0.3) is 0 Å². The summed E-state index contributed by atoms with van der Waals surface area (Å²) in [4.78, 5) is 14.7. The smallest absolute Gasteiger partial charge is 0.324 e. The van der Waals surface area contributed by atoms with Crippen LogP contribution in [0.2, 0.25) is 0 Å². The van der Waals surface area contributed by atoms with E-state index in [1.807, 2.05) is 30.5 Å². The highest BCUT2D eigenvalue weighted by molar-refractivity contribution is 5.87. The van der Waals surface area contributed by atoms with Crippen LogP contribution in [0.3, 0.4) is 0 Å². The van der Waals surface area contributed by atoms with Gasteiger partial charge in [0, 0.05) is 17.1 Å². The number of nitrogens with two attached hydrogens (primary N) is 1. The number of aromatic nitrogens is 1. The molecule has 5 heteroatoms. The van der Waals surface area contributed by atoms with Crippen molar-refractivity contribution in [2.45, 2.75) is 18.1 Å². The molecule has 1 aliphatic heterocycles. The van der Waals surface area contributed by atoms with E-state index in [-0.39, 0.29) is 12.5 Å². The van der Waals surface area contributed by atoms with Crippen molar-refractivity contribution < 1.29 is 14.6 Å². The molecule has 1 aromatic carbocycles. The average Bonchev–Trinajstić information content (AvgIpc) is 2.92. The van der Waals surface area contributed by atoms with Crippen LogP contribution in [-0.2, 0) is 9.53 Å². The molecule has 1 aliphatic rings. The molecule has 3 atom stereocenters. The van der Waals surface area contributed by atoms with E-state index in [0.717, 1.165) is 16.5 Å². The lowest BCUT2D eigenvalue weighted by atomic mass is 9.89. The molecule has 0 amide bonds. The third kappa shape index (κ3) is 1.52. The Balaban J connectivity index is 2.10. The van der Waals surface area contributed by atoms with Gasteiger partial charge < -0.3 is 20.6 Å². The maximum absolute atomic E-state index is 11.5. The number of aromatic amines is 1. The van der Waals surface area contributed by atoms with Crippen LogP contribution in [0.1, 0.15) is 11.5 Å². The van der Waals surface area contributed by atoms with Crippen LogP contribution in [0, 0.1) is 0 Å². The molecule has 5 nitrogen and oxygen atoms in total. The summed E-state index contributed by atoms with van der Waals surface area (Å²) in [6, 6.07) is 7.06. The first-order valence-electron chi connectivity index (χ1n) is 5.85. The molecule has 0 aliphatic carbocycles. The summed E-state index contributed by atoms with van der Waals surface area (Å²) < 4.78 is 5.08. The van der Waals surface area contributed by atoms with Gasteiger partial charge in [-0.05, 0) is 11.6 Å². The van der Waals surface area contributed by atoms with Crippen LogP contribution in [0.4, 0.5) is 0 Å². The monoisotopic (exact) mass is 246 g/mol. The number of ether oxygens (including phenoxy) is 1. The molecule has 0 spiro atoms. The van der Waals surface area contributed by atoms with Crippen LogP contribution >= 0.6 is 0 Å². The Hall–Kier alpha value is -1.85. The highest BCUT2D eigenvalue weighted by atomic mass is 16.6. The third-order valence-corrected chi connectivity index (χ3v) is 3.49. The first-order chi connectivity index (χ1) is 8.72. The Morgan fingerprint density at radius 2 is 2.17 bits per heavy atom. The number of aliphatic hydroxyl groups is 1. The van der Waals surface area contributed by atoms with Gasteiger partial charge in [-0.25, -0.2) is 0 Å². The van der Waals surface area contributed by atoms with Crippen molar-refractivity contribution in [3.8, 4) is 0 Å². The van der Waals surface area contributed by atoms with Crippen molar-refractivity contribution in [1.82, 2.24) is 4.98 Å². The molecular formula is C13H14N2O3. The average molecular weight is 246 g/mol. The summed E-state index contributed by atoms with van der Waals surface area (Å²) in [6.45, 7) is -0.219. The maximum atomic E-state index is 11.5. The van der Waals surface area contributed by atoms with Gasteiger partial charge in [0.2, 0.25) is 0 Å². The number of carbonyl (C=O) groups is 1. The number of benzene rings is 1. The van der Waals surface area contributed by atoms with Gasteiger partial charge in [-0.15, -0.1) is 0 Å². The molecule has 18 heavy (non-hydrogen) atoms. The van der Waals surface area contributed by atoms with Crippen molar-refractivity contribution in [1.29, 1.82) is 0 Å². The zero-order valence-corrected chi connectivity index (χ0v) is 9.67. The number of nitrogens with one attached hydrogen (secondary N) is 1. The second-order valence-electron chi connectivity index (χ2n) is 4.50. The molecule has 1 saturated heterocycles. The molecule has 1 fully saturated rings. The minimum atomic E-state index is -0.721. The van der Waals surface area contributed by atoms with Crippen LogP contribution in [-0.4, -0.2) is 34.8 Å². The molecule has 2 aromatic rings. The molecule has 2 heterocycles. The van der Waals surface area contributed by atoms with Crippen molar-refractivity contribution in [2.75, 3.05) is 6.61 Å². The highest BCUT2D eigenvalue weighted by Crippen LogP contribution is 2.35. The van der Waals surface area contributed by atoms with E-state index in [1.165, 1.54) is 0 Å². The van der Waals surface area contributed by atoms with Gasteiger partial charge in [-0.3, -0.25) is 4.79 Å². The van der Waals surface area contributed by atoms with Crippen molar-refractivity contribution in [3.63, 3.8) is 0 Å². The lowest BCUT2D eigenvalue weighted by molar-refractivity contribution is -0.143. The molecule has 0 saturated carbocycles. The van der Waals surface area contributed by atoms with Crippen LogP contribution in [0.25, 0.3) is 10.9 Å². The largest absolute Gasteiger partial charge is 0.458 e. The van der Waals surface area contributed by atoms with E-state index in [4.69, 9.17) is 10.5 Å². The van der Waals surface area contributed by atoms with Gasteiger partial charge in [0.05, 0.1) is 12.5 Å². The highest BCUT2D eigenvalue weighted by Gasteiger charge is 2.43. The molecule has 0 unspecified atom stereocenters.